The molecule has 21 heavy (non-hydrogen) atoms. The SMILES string of the molecule is CC(C)(C)OC(=O)N(C(=O)OC(C)(C)C)[C@H]1C=C[C@@H](O)C1. The molecule has 1 aliphatic rings. The molecule has 0 aromatic rings. The van der Waals surface area contributed by atoms with Gasteiger partial charge in [0.25, 0.3) is 0 Å². The molecule has 6 heteroatoms. The fraction of sp³-hybridized carbons (Fsp3) is 0.733. The molecule has 2 atom stereocenters. The second-order valence-corrected chi connectivity index (χ2v) is 7.09. The molecule has 120 valence electrons. The molecule has 0 unspecified atom stereocenters. The topological polar surface area (TPSA) is 76.1 Å². The summed E-state index contributed by atoms with van der Waals surface area (Å²) in [5, 5.41) is 9.56. The van der Waals surface area contributed by atoms with E-state index in [-0.39, 0.29) is 6.42 Å². The van der Waals surface area contributed by atoms with Crippen LogP contribution in [-0.2, 0) is 9.47 Å². The zero-order valence-electron chi connectivity index (χ0n) is 13.5. The van der Waals surface area contributed by atoms with Crippen LogP contribution in [0.1, 0.15) is 48.0 Å². The molecule has 0 aromatic heterocycles. The van der Waals surface area contributed by atoms with Crippen molar-refractivity contribution in [2.24, 2.45) is 0 Å². The fourth-order valence-electron chi connectivity index (χ4n) is 1.82. The van der Waals surface area contributed by atoms with Gasteiger partial charge in [-0.3, -0.25) is 0 Å². The van der Waals surface area contributed by atoms with Gasteiger partial charge in [0.1, 0.15) is 11.2 Å². The van der Waals surface area contributed by atoms with Crippen LogP contribution in [0.4, 0.5) is 9.59 Å². The van der Waals surface area contributed by atoms with Gasteiger partial charge in [0, 0.05) is 6.42 Å². The van der Waals surface area contributed by atoms with Crippen molar-refractivity contribution in [2.45, 2.75) is 71.3 Å². The van der Waals surface area contributed by atoms with E-state index in [0.717, 1.165) is 4.90 Å². The summed E-state index contributed by atoms with van der Waals surface area (Å²) in [4.78, 5) is 25.5. The molecule has 1 aliphatic carbocycles. The van der Waals surface area contributed by atoms with E-state index < -0.39 is 35.5 Å². The van der Waals surface area contributed by atoms with Gasteiger partial charge >= 0.3 is 12.2 Å². The predicted octanol–water partition coefficient (Wildman–Crippen LogP) is 2.85. The van der Waals surface area contributed by atoms with Crippen molar-refractivity contribution < 1.29 is 24.2 Å². The minimum absolute atomic E-state index is 0.248. The number of nitrogens with zero attached hydrogens (tertiary/aromatic N) is 1. The summed E-state index contributed by atoms with van der Waals surface area (Å²) in [7, 11) is 0. The summed E-state index contributed by atoms with van der Waals surface area (Å²) in [6.45, 7) is 10.3. The molecule has 1 rings (SSSR count). The van der Waals surface area contributed by atoms with Gasteiger partial charge in [0.05, 0.1) is 12.1 Å². The highest BCUT2D eigenvalue weighted by molar-refractivity contribution is 5.89. The van der Waals surface area contributed by atoms with Crippen LogP contribution in [-0.4, -0.2) is 45.5 Å². The smallest absolute Gasteiger partial charge is 0.420 e. The number of ether oxygens (including phenoxy) is 2. The van der Waals surface area contributed by atoms with E-state index in [1.54, 1.807) is 53.7 Å². The van der Waals surface area contributed by atoms with Crippen molar-refractivity contribution in [3.63, 3.8) is 0 Å². The van der Waals surface area contributed by atoms with Crippen molar-refractivity contribution in [2.75, 3.05) is 0 Å². The second kappa shape index (κ2) is 6.05. The van der Waals surface area contributed by atoms with Crippen molar-refractivity contribution in [3.8, 4) is 0 Å². The molecular weight excluding hydrogens is 274 g/mol. The maximum atomic E-state index is 12.3. The lowest BCUT2D eigenvalue weighted by Gasteiger charge is -2.31. The second-order valence-electron chi connectivity index (χ2n) is 7.09. The largest absolute Gasteiger partial charge is 0.443 e. The maximum Gasteiger partial charge on any atom is 0.420 e. The lowest BCUT2D eigenvalue weighted by Crippen LogP contribution is -2.48. The number of hydrogen-bond acceptors (Lipinski definition) is 5. The number of hydrogen-bond donors (Lipinski definition) is 1. The van der Waals surface area contributed by atoms with E-state index in [0.29, 0.717) is 0 Å². The van der Waals surface area contributed by atoms with E-state index in [9.17, 15) is 14.7 Å². The molecule has 0 radical (unpaired) electrons. The first-order valence-corrected chi connectivity index (χ1v) is 7.00. The van der Waals surface area contributed by atoms with Gasteiger partial charge in [-0.15, -0.1) is 0 Å². The van der Waals surface area contributed by atoms with Gasteiger partial charge < -0.3 is 14.6 Å². The van der Waals surface area contributed by atoms with Gasteiger partial charge in [-0.05, 0) is 41.5 Å². The summed E-state index contributed by atoms with van der Waals surface area (Å²) in [6.07, 6.45) is 1.17. The van der Waals surface area contributed by atoms with Crippen LogP contribution in [0.25, 0.3) is 0 Å². The Kier molecular flexibility index (Phi) is 5.04. The summed E-state index contributed by atoms with van der Waals surface area (Å²) < 4.78 is 10.5. The third kappa shape index (κ3) is 5.75. The molecule has 0 saturated carbocycles. The Morgan fingerprint density at radius 2 is 1.43 bits per heavy atom. The highest BCUT2D eigenvalue weighted by atomic mass is 16.6. The third-order valence-corrected chi connectivity index (χ3v) is 2.55. The van der Waals surface area contributed by atoms with E-state index in [4.69, 9.17) is 9.47 Å². The van der Waals surface area contributed by atoms with E-state index >= 15 is 0 Å². The highest BCUT2D eigenvalue weighted by Crippen LogP contribution is 2.22. The van der Waals surface area contributed by atoms with Gasteiger partial charge in [0.15, 0.2) is 0 Å². The Bertz CT molecular complexity index is 402. The number of aliphatic hydroxyl groups excluding tert-OH is 1. The normalized spacial score (nSPS) is 22.0. The molecular formula is C15H25NO5. The summed E-state index contributed by atoms with van der Waals surface area (Å²) in [5.74, 6) is 0. The fourth-order valence-corrected chi connectivity index (χ4v) is 1.82. The lowest BCUT2D eigenvalue weighted by atomic mass is 10.2. The molecule has 0 aliphatic heterocycles. The minimum Gasteiger partial charge on any atom is -0.443 e. The molecule has 6 nitrogen and oxygen atoms in total. The summed E-state index contributed by atoms with van der Waals surface area (Å²) >= 11 is 0. The van der Waals surface area contributed by atoms with Crippen molar-refractivity contribution in [1.82, 2.24) is 4.90 Å². The minimum atomic E-state index is -0.777. The average Bonchev–Trinajstić information content (AvgIpc) is 2.58. The first-order valence-electron chi connectivity index (χ1n) is 7.00. The summed E-state index contributed by atoms with van der Waals surface area (Å²) in [5.41, 5.74) is -1.45. The molecule has 0 bridgehead atoms. The van der Waals surface area contributed by atoms with Crippen LogP contribution < -0.4 is 0 Å². The molecule has 0 fully saturated rings. The number of aliphatic hydroxyl groups is 1. The molecule has 0 saturated heterocycles. The quantitative estimate of drug-likeness (QED) is 0.753. The van der Waals surface area contributed by atoms with Crippen molar-refractivity contribution >= 4 is 12.2 Å². The number of amides is 2. The lowest BCUT2D eigenvalue weighted by molar-refractivity contribution is -0.00499. The average molecular weight is 299 g/mol. The zero-order valence-corrected chi connectivity index (χ0v) is 13.5. The van der Waals surface area contributed by atoms with E-state index in [2.05, 4.69) is 0 Å². The van der Waals surface area contributed by atoms with Crippen molar-refractivity contribution in [3.05, 3.63) is 12.2 Å². The Balaban J connectivity index is 2.92. The zero-order chi connectivity index (χ0) is 16.4. The first-order chi connectivity index (χ1) is 9.39. The van der Waals surface area contributed by atoms with Crippen LogP contribution in [0.5, 0.6) is 0 Å². The molecule has 0 spiro atoms. The first kappa shape index (κ1) is 17.5. The van der Waals surface area contributed by atoms with Crippen LogP contribution >= 0.6 is 0 Å². The number of rotatable bonds is 1. The standard InChI is InChI=1S/C15H25NO5/c1-14(2,3)20-12(18)16(10-7-8-11(17)9-10)13(19)21-15(4,5)6/h7-8,10-11,17H,9H2,1-6H3/t10-,11+/m0/s1. The van der Waals surface area contributed by atoms with Gasteiger partial charge in [-0.2, -0.15) is 0 Å². The molecule has 0 aromatic carbocycles. The number of imide groups is 1. The Hall–Kier alpha value is -1.56. The van der Waals surface area contributed by atoms with Crippen LogP contribution in [0.2, 0.25) is 0 Å². The Morgan fingerprint density at radius 3 is 1.71 bits per heavy atom. The maximum absolute atomic E-state index is 12.3. The Morgan fingerprint density at radius 1 is 1.00 bits per heavy atom. The number of carbonyl (C=O) groups is 2. The van der Waals surface area contributed by atoms with E-state index in [1.165, 1.54) is 0 Å². The monoisotopic (exact) mass is 299 g/mol. The predicted molar refractivity (Wildman–Crippen MR) is 77.9 cm³/mol. The highest BCUT2D eigenvalue weighted by Gasteiger charge is 2.37. The van der Waals surface area contributed by atoms with Crippen LogP contribution in [0.15, 0.2) is 12.2 Å². The third-order valence-electron chi connectivity index (χ3n) is 2.55. The summed E-state index contributed by atoms with van der Waals surface area (Å²) in [6, 6.07) is -0.565. The van der Waals surface area contributed by atoms with Crippen LogP contribution in [0, 0.1) is 0 Å². The molecule has 0 heterocycles. The van der Waals surface area contributed by atoms with Crippen LogP contribution in [0.3, 0.4) is 0 Å². The van der Waals surface area contributed by atoms with Gasteiger partial charge in [-0.25, -0.2) is 14.5 Å². The number of carbonyl (C=O) groups excluding carboxylic acids is 2. The van der Waals surface area contributed by atoms with Gasteiger partial charge in [0.2, 0.25) is 0 Å². The Labute approximate surface area is 125 Å². The van der Waals surface area contributed by atoms with Crippen molar-refractivity contribution in [1.29, 1.82) is 0 Å². The van der Waals surface area contributed by atoms with E-state index in [1.807, 2.05) is 0 Å². The molecule has 2 amide bonds. The van der Waals surface area contributed by atoms with Gasteiger partial charge in [-0.1, -0.05) is 12.2 Å². The molecule has 1 N–H and O–H groups in total.